The lowest BCUT2D eigenvalue weighted by atomic mass is 9.81. The topological polar surface area (TPSA) is 43.4 Å². The third-order valence-electron chi connectivity index (χ3n) is 3.06. The maximum absolute atomic E-state index is 12.1. The molecule has 0 N–H and O–H groups in total. The quantitative estimate of drug-likeness (QED) is 0.713. The minimum Gasteiger partial charge on any atom is -0.469 e. The van der Waals surface area contributed by atoms with E-state index in [1.807, 2.05) is 24.3 Å². The molecule has 0 saturated carbocycles. The van der Waals surface area contributed by atoms with Crippen molar-refractivity contribution >= 4 is 11.8 Å². The van der Waals surface area contributed by atoms with Crippen molar-refractivity contribution in [2.75, 3.05) is 7.11 Å². The highest BCUT2D eigenvalue weighted by atomic mass is 16.5. The molecular formula is C13H14O3. The fourth-order valence-electron chi connectivity index (χ4n) is 2.14. The van der Waals surface area contributed by atoms with Crippen molar-refractivity contribution < 1.29 is 14.3 Å². The molecule has 1 aromatic carbocycles. The van der Waals surface area contributed by atoms with Crippen LogP contribution in [0.2, 0.25) is 0 Å². The number of Topliss-reactive ketones (excluding diaryl/α,β-unsaturated/α-hetero) is 1. The van der Waals surface area contributed by atoms with Gasteiger partial charge in [-0.05, 0) is 18.4 Å². The van der Waals surface area contributed by atoms with Gasteiger partial charge < -0.3 is 4.74 Å². The summed E-state index contributed by atoms with van der Waals surface area (Å²) in [5, 5.41) is 0. The van der Waals surface area contributed by atoms with Crippen LogP contribution < -0.4 is 0 Å². The maximum atomic E-state index is 12.1. The molecule has 2 rings (SSSR count). The molecule has 16 heavy (non-hydrogen) atoms. The Kier molecular flexibility index (Phi) is 3.04. The molecular weight excluding hydrogens is 204 g/mol. The van der Waals surface area contributed by atoms with E-state index in [9.17, 15) is 9.59 Å². The van der Waals surface area contributed by atoms with Crippen LogP contribution in [-0.4, -0.2) is 18.9 Å². The minimum atomic E-state index is -0.308. The summed E-state index contributed by atoms with van der Waals surface area (Å²) >= 11 is 0. The number of carbonyl (C=O) groups excluding carboxylic acids is 2. The van der Waals surface area contributed by atoms with Gasteiger partial charge >= 0.3 is 5.97 Å². The van der Waals surface area contributed by atoms with E-state index in [2.05, 4.69) is 4.74 Å². The van der Waals surface area contributed by atoms with E-state index in [0.29, 0.717) is 0 Å². The number of methoxy groups -OCH3 is 1. The highest BCUT2D eigenvalue weighted by molar-refractivity contribution is 6.01. The second-order valence-corrected chi connectivity index (χ2v) is 4.04. The van der Waals surface area contributed by atoms with Crippen molar-refractivity contribution in [3.05, 3.63) is 35.4 Å². The molecule has 0 aromatic heterocycles. The van der Waals surface area contributed by atoms with Gasteiger partial charge in [0.15, 0.2) is 5.78 Å². The number of hydrogen-bond acceptors (Lipinski definition) is 3. The van der Waals surface area contributed by atoms with Gasteiger partial charge in [-0.15, -0.1) is 0 Å². The molecule has 0 heterocycles. The first-order valence-electron chi connectivity index (χ1n) is 5.41. The monoisotopic (exact) mass is 218 g/mol. The zero-order valence-corrected chi connectivity index (χ0v) is 9.23. The number of carbonyl (C=O) groups is 2. The van der Waals surface area contributed by atoms with Gasteiger partial charge in [0.1, 0.15) is 0 Å². The van der Waals surface area contributed by atoms with Crippen molar-refractivity contribution in [1.29, 1.82) is 0 Å². The fourth-order valence-corrected chi connectivity index (χ4v) is 2.14. The highest BCUT2D eigenvalue weighted by Crippen LogP contribution is 2.27. The van der Waals surface area contributed by atoms with Gasteiger partial charge in [0.25, 0.3) is 0 Å². The van der Waals surface area contributed by atoms with E-state index < -0.39 is 0 Å². The summed E-state index contributed by atoms with van der Waals surface area (Å²) in [5.41, 5.74) is 1.86. The lowest BCUT2D eigenvalue weighted by molar-refractivity contribution is -0.141. The molecule has 0 radical (unpaired) electrons. The summed E-state index contributed by atoms with van der Waals surface area (Å²) in [6.07, 6.45) is 1.80. The lowest BCUT2D eigenvalue weighted by Crippen LogP contribution is -2.25. The fraction of sp³-hybridized carbons (Fsp3) is 0.385. The predicted octanol–water partition coefficient (Wildman–Crippen LogP) is 1.99. The van der Waals surface area contributed by atoms with Gasteiger partial charge in [-0.1, -0.05) is 24.3 Å². The van der Waals surface area contributed by atoms with Gasteiger partial charge in [0.2, 0.25) is 0 Å². The molecule has 0 bridgehead atoms. The average Bonchev–Trinajstić information content (AvgIpc) is 2.33. The van der Waals surface area contributed by atoms with Crippen molar-refractivity contribution in [2.45, 2.75) is 19.3 Å². The molecule has 1 aliphatic rings. The molecule has 1 aromatic rings. The zero-order valence-electron chi connectivity index (χ0n) is 9.23. The van der Waals surface area contributed by atoms with Gasteiger partial charge in [0, 0.05) is 11.5 Å². The van der Waals surface area contributed by atoms with E-state index in [1.165, 1.54) is 7.11 Å². The number of benzene rings is 1. The number of esters is 1. The number of rotatable bonds is 2. The van der Waals surface area contributed by atoms with Crippen molar-refractivity contribution in [1.82, 2.24) is 0 Å². The molecule has 3 nitrogen and oxygen atoms in total. The lowest BCUT2D eigenvalue weighted by Gasteiger charge is -2.22. The van der Waals surface area contributed by atoms with Crippen LogP contribution in [0.25, 0.3) is 0 Å². The van der Waals surface area contributed by atoms with E-state index in [0.717, 1.165) is 24.0 Å². The van der Waals surface area contributed by atoms with Crippen molar-refractivity contribution in [2.24, 2.45) is 5.92 Å². The molecule has 1 unspecified atom stereocenters. The standard InChI is InChI=1S/C13H14O3/c1-16-12(14)8-10-7-6-9-4-2-3-5-11(9)13(10)15/h2-5,10H,6-8H2,1H3. The Hall–Kier alpha value is -1.64. The molecule has 84 valence electrons. The number of hydrogen-bond donors (Lipinski definition) is 0. The van der Waals surface area contributed by atoms with Crippen molar-refractivity contribution in [3.8, 4) is 0 Å². The largest absolute Gasteiger partial charge is 0.469 e. The Morgan fingerprint density at radius 2 is 2.19 bits per heavy atom. The number of ketones is 1. The van der Waals surface area contributed by atoms with Gasteiger partial charge in [-0.2, -0.15) is 0 Å². The maximum Gasteiger partial charge on any atom is 0.306 e. The first kappa shape index (κ1) is 10.9. The number of ether oxygens (including phenoxy) is 1. The van der Waals surface area contributed by atoms with E-state index in [1.54, 1.807) is 0 Å². The Morgan fingerprint density at radius 1 is 1.44 bits per heavy atom. The summed E-state index contributed by atoms with van der Waals surface area (Å²) in [6, 6.07) is 7.60. The van der Waals surface area contributed by atoms with E-state index >= 15 is 0 Å². The molecule has 0 saturated heterocycles. The third kappa shape index (κ3) is 1.98. The van der Waals surface area contributed by atoms with Crippen LogP contribution in [0.5, 0.6) is 0 Å². The molecule has 3 heteroatoms. The molecule has 0 fully saturated rings. The summed E-state index contributed by atoms with van der Waals surface area (Å²) in [5.74, 6) is -0.438. The van der Waals surface area contributed by atoms with Crippen LogP contribution in [0.1, 0.15) is 28.8 Å². The minimum absolute atomic E-state index is 0.0762. The van der Waals surface area contributed by atoms with Crippen molar-refractivity contribution in [3.63, 3.8) is 0 Å². The van der Waals surface area contributed by atoms with E-state index in [4.69, 9.17) is 0 Å². The summed E-state index contributed by atoms with van der Waals surface area (Å²) in [6.45, 7) is 0. The van der Waals surface area contributed by atoms with Gasteiger partial charge in [-0.3, -0.25) is 9.59 Å². The van der Waals surface area contributed by atoms with Crippen LogP contribution in [0.3, 0.4) is 0 Å². The second kappa shape index (κ2) is 4.47. The van der Waals surface area contributed by atoms with Crippen LogP contribution >= 0.6 is 0 Å². The number of fused-ring (bicyclic) bond motifs is 1. The molecule has 1 aliphatic carbocycles. The summed E-state index contributed by atoms with van der Waals surface area (Å²) < 4.78 is 4.60. The molecule has 0 spiro atoms. The average molecular weight is 218 g/mol. The van der Waals surface area contributed by atoms with Gasteiger partial charge in [-0.25, -0.2) is 0 Å². The van der Waals surface area contributed by atoms with E-state index in [-0.39, 0.29) is 24.1 Å². The zero-order chi connectivity index (χ0) is 11.5. The Balaban J connectivity index is 2.18. The Morgan fingerprint density at radius 3 is 2.94 bits per heavy atom. The Bertz CT molecular complexity index is 423. The molecule has 1 atom stereocenters. The smallest absolute Gasteiger partial charge is 0.306 e. The highest BCUT2D eigenvalue weighted by Gasteiger charge is 2.28. The van der Waals surface area contributed by atoms with Crippen LogP contribution in [-0.2, 0) is 16.0 Å². The normalized spacial score (nSPS) is 19.1. The number of aryl methyl sites for hydroxylation is 1. The molecule has 0 amide bonds. The molecule has 0 aliphatic heterocycles. The Labute approximate surface area is 94.4 Å². The SMILES string of the molecule is COC(=O)CC1CCc2ccccc2C1=O. The van der Waals surface area contributed by atoms with Crippen LogP contribution in [0, 0.1) is 5.92 Å². The first-order chi connectivity index (χ1) is 7.72. The van der Waals surface area contributed by atoms with Gasteiger partial charge in [0.05, 0.1) is 13.5 Å². The summed E-state index contributed by atoms with van der Waals surface area (Å²) in [7, 11) is 1.35. The van der Waals surface area contributed by atoms with Crippen LogP contribution in [0.4, 0.5) is 0 Å². The first-order valence-corrected chi connectivity index (χ1v) is 5.41. The summed E-state index contributed by atoms with van der Waals surface area (Å²) in [4.78, 5) is 23.2. The van der Waals surface area contributed by atoms with Crippen LogP contribution in [0.15, 0.2) is 24.3 Å². The predicted molar refractivity (Wildman–Crippen MR) is 59.2 cm³/mol. The third-order valence-corrected chi connectivity index (χ3v) is 3.06. The second-order valence-electron chi connectivity index (χ2n) is 4.04.